The second-order valence-corrected chi connectivity index (χ2v) is 17.8. The molecule has 0 amide bonds. The highest BCUT2D eigenvalue weighted by molar-refractivity contribution is 5.01. The minimum absolute atomic E-state index is 0.723. The molecule has 0 nitrogen and oxygen atoms in total. The maximum Gasteiger partial charge on any atom is -0.0297 e. The Kier molecular flexibility index (Phi) is 8.64. The van der Waals surface area contributed by atoms with Crippen LogP contribution >= 0.6 is 0 Å². The van der Waals surface area contributed by atoms with E-state index < -0.39 is 0 Å². The van der Waals surface area contributed by atoms with Crippen LogP contribution in [0.4, 0.5) is 0 Å². The van der Waals surface area contributed by atoms with Crippen molar-refractivity contribution in [3.63, 3.8) is 0 Å². The monoisotopic (exact) mass is 537 g/mol. The van der Waals surface area contributed by atoms with Crippen LogP contribution in [-0.2, 0) is 0 Å². The molecule has 0 spiro atoms. The number of fused-ring (bicyclic) bond motifs is 1. The van der Waals surface area contributed by atoms with Crippen molar-refractivity contribution in [1.82, 2.24) is 0 Å². The molecule has 0 radical (unpaired) electrons. The van der Waals surface area contributed by atoms with Crippen molar-refractivity contribution in [2.45, 2.75) is 151 Å². The van der Waals surface area contributed by atoms with E-state index >= 15 is 0 Å². The topological polar surface area (TPSA) is 0 Å². The summed E-state index contributed by atoms with van der Waals surface area (Å²) in [5.74, 6) is 15.9. The van der Waals surface area contributed by atoms with Gasteiger partial charge in [-0.25, -0.2) is 0 Å². The van der Waals surface area contributed by atoms with Crippen molar-refractivity contribution >= 4 is 0 Å². The number of rotatable bonds is 13. The van der Waals surface area contributed by atoms with Crippen molar-refractivity contribution in [3.8, 4) is 0 Å². The molecule has 39 heavy (non-hydrogen) atoms. The third-order valence-electron chi connectivity index (χ3n) is 16.4. The summed E-state index contributed by atoms with van der Waals surface area (Å²) in [6.45, 7) is 17.7. The van der Waals surface area contributed by atoms with Crippen molar-refractivity contribution in [2.24, 2.45) is 94.2 Å². The lowest BCUT2D eigenvalue weighted by Crippen LogP contribution is -2.45. The lowest BCUT2D eigenvalue weighted by atomic mass is 9.50. The molecule has 16 atom stereocenters. The zero-order chi connectivity index (χ0) is 27.5. The highest BCUT2D eigenvalue weighted by Crippen LogP contribution is 2.61. The van der Waals surface area contributed by atoms with Crippen LogP contribution in [0.15, 0.2) is 0 Å². The fraction of sp³-hybridized carbons (Fsp3) is 1.00. The summed E-state index contributed by atoms with van der Waals surface area (Å²) < 4.78 is 0. The van der Waals surface area contributed by atoms with Gasteiger partial charge in [0.05, 0.1) is 0 Å². The first-order chi connectivity index (χ1) is 18.7. The first-order valence-corrected chi connectivity index (χ1v) is 18.7. The predicted molar refractivity (Wildman–Crippen MR) is 168 cm³/mol. The van der Waals surface area contributed by atoms with Crippen molar-refractivity contribution < 1.29 is 0 Å². The molecule has 6 aliphatic rings. The molecule has 0 aliphatic heterocycles. The molecule has 6 rings (SSSR count). The van der Waals surface area contributed by atoms with Gasteiger partial charge in [0.1, 0.15) is 0 Å². The third-order valence-corrected chi connectivity index (χ3v) is 16.4. The Hall–Kier alpha value is 0. The normalized spacial score (nSPS) is 54.1. The van der Waals surface area contributed by atoms with Gasteiger partial charge in [-0.15, -0.1) is 0 Å². The van der Waals surface area contributed by atoms with Crippen molar-refractivity contribution in [3.05, 3.63) is 0 Å². The van der Waals surface area contributed by atoms with Gasteiger partial charge in [-0.05, 0) is 190 Å². The quantitative estimate of drug-likeness (QED) is 0.219. The molecule has 0 heterocycles. The molecule has 6 fully saturated rings. The first kappa shape index (κ1) is 29.1. The number of hydrogen-bond donors (Lipinski definition) is 0. The molecule has 0 aromatic heterocycles. The summed E-state index contributed by atoms with van der Waals surface area (Å²) in [7, 11) is 0. The minimum atomic E-state index is 0.723. The molecule has 0 aromatic carbocycles. The Morgan fingerprint density at radius 3 is 1.59 bits per heavy atom. The zero-order valence-corrected chi connectivity index (χ0v) is 27.5. The first-order valence-electron chi connectivity index (χ1n) is 18.7. The van der Waals surface area contributed by atoms with Crippen LogP contribution in [0.2, 0.25) is 0 Å². The molecular weight excluding hydrogens is 468 g/mol. The molecule has 16 unspecified atom stereocenters. The van der Waals surface area contributed by atoms with Crippen LogP contribution in [0.3, 0.4) is 0 Å². The Morgan fingerprint density at radius 2 is 1.08 bits per heavy atom. The molecule has 0 heteroatoms. The van der Waals surface area contributed by atoms with E-state index in [0.717, 1.165) is 94.2 Å². The van der Waals surface area contributed by atoms with Gasteiger partial charge in [-0.3, -0.25) is 0 Å². The minimum Gasteiger partial charge on any atom is -0.0649 e. The van der Waals surface area contributed by atoms with Crippen LogP contribution in [0.1, 0.15) is 151 Å². The summed E-state index contributed by atoms with van der Waals surface area (Å²) in [4.78, 5) is 0. The van der Waals surface area contributed by atoms with E-state index in [9.17, 15) is 0 Å². The Morgan fingerprint density at radius 1 is 0.538 bits per heavy atom. The maximum atomic E-state index is 2.62. The van der Waals surface area contributed by atoms with Gasteiger partial charge >= 0.3 is 0 Å². The third kappa shape index (κ3) is 5.69. The molecule has 0 bridgehead atoms. The fourth-order valence-electron chi connectivity index (χ4n) is 12.0. The van der Waals surface area contributed by atoms with Crippen molar-refractivity contribution in [2.75, 3.05) is 0 Å². The maximum absolute atomic E-state index is 2.62. The summed E-state index contributed by atoms with van der Waals surface area (Å²) in [6.07, 6.45) is 24.9. The standard InChI is InChI=1S/C39H68/c1-8-39(17-15-33-21-32(28(33)6)10-9-30-19-24(2)26(30)4)18-16-38-34(22-35(38)23-39)12-14-37-29(7)36(37)13-11-31-20-25(3)27(31)5/h24-38H,8-23H2,1-7H3. The molecule has 6 saturated carbocycles. The fourth-order valence-corrected chi connectivity index (χ4v) is 12.0. The van der Waals surface area contributed by atoms with E-state index in [1.165, 1.54) is 25.7 Å². The summed E-state index contributed by atoms with van der Waals surface area (Å²) in [6, 6.07) is 0. The number of hydrogen-bond acceptors (Lipinski definition) is 0. The predicted octanol–water partition coefficient (Wildman–Crippen LogP) is 11.7. The van der Waals surface area contributed by atoms with Gasteiger partial charge in [0, 0.05) is 0 Å². The molecule has 6 aliphatic carbocycles. The molecular formula is C39H68. The lowest BCUT2D eigenvalue weighted by Gasteiger charge is -2.55. The van der Waals surface area contributed by atoms with E-state index in [1.807, 2.05) is 0 Å². The average Bonchev–Trinajstić information content (AvgIpc) is 3.56. The van der Waals surface area contributed by atoms with E-state index in [1.54, 1.807) is 77.0 Å². The molecule has 0 saturated heterocycles. The van der Waals surface area contributed by atoms with Crippen LogP contribution in [0, 0.1) is 94.2 Å². The Labute approximate surface area is 245 Å². The summed E-state index contributed by atoms with van der Waals surface area (Å²) in [5.41, 5.74) is 0.723. The summed E-state index contributed by atoms with van der Waals surface area (Å²) in [5, 5.41) is 0. The SMILES string of the molecule is CCC1(CCC2CC(CCC3CC(C)C3C)C2C)CCC2C(CCC3C(C)C3CCC3CC(C)C3C)CC2C1. The van der Waals surface area contributed by atoms with Crippen LogP contribution in [-0.4, -0.2) is 0 Å². The van der Waals surface area contributed by atoms with Crippen LogP contribution in [0.5, 0.6) is 0 Å². The highest BCUT2D eigenvalue weighted by atomic mass is 14.6. The van der Waals surface area contributed by atoms with E-state index in [4.69, 9.17) is 0 Å². The zero-order valence-electron chi connectivity index (χ0n) is 27.5. The molecule has 0 aromatic rings. The van der Waals surface area contributed by atoms with Gasteiger partial charge in [0.15, 0.2) is 0 Å². The van der Waals surface area contributed by atoms with Crippen LogP contribution < -0.4 is 0 Å². The largest absolute Gasteiger partial charge is 0.0649 e. The van der Waals surface area contributed by atoms with E-state index in [0.29, 0.717) is 0 Å². The van der Waals surface area contributed by atoms with Gasteiger partial charge in [0.25, 0.3) is 0 Å². The van der Waals surface area contributed by atoms with E-state index in [-0.39, 0.29) is 0 Å². The second kappa shape index (κ2) is 11.6. The Balaban J connectivity index is 0.866. The van der Waals surface area contributed by atoms with Gasteiger partial charge < -0.3 is 0 Å². The average molecular weight is 537 g/mol. The second-order valence-electron chi connectivity index (χ2n) is 17.8. The van der Waals surface area contributed by atoms with E-state index in [2.05, 4.69) is 48.5 Å². The van der Waals surface area contributed by atoms with Gasteiger partial charge in [0.2, 0.25) is 0 Å². The van der Waals surface area contributed by atoms with Crippen molar-refractivity contribution in [1.29, 1.82) is 0 Å². The molecule has 224 valence electrons. The smallest absolute Gasteiger partial charge is 0.0297 e. The van der Waals surface area contributed by atoms with Crippen LogP contribution in [0.25, 0.3) is 0 Å². The lowest BCUT2D eigenvalue weighted by molar-refractivity contribution is -0.0496. The Bertz CT molecular complexity index is 813. The highest BCUT2D eigenvalue weighted by Gasteiger charge is 2.51. The summed E-state index contributed by atoms with van der Waals surface area (Å²) >= 11 is 0. The van der Waals surface area contributed by atoms with Gasteiger partial charge in [-0.2, -0.15) is 0 Å². The van der Waals surface area contributed by atoms with Gasteiger partial charge in [-0.1, -0.05) is 54.9 Å². The molecule has 0 N–H and O–H groups in total.